The second kappa shape index (κ2) is 12.4. The molecule has 1 fully saturated rings. The maximum atomic E-state index is 15.0. The highest BCUT2D eigenvalue weighted by Gasteiger charge is 2.36. The minimum absolute atomic E-state index is 0.0108. The third kappa shape index (κ3) is 7.74. The lowest BCUT2D eigenvalue weighted by Crippen LogP contribution is -2.59. The summed E-state index contributed by atoms with van der Waals surface area (Å²) in [6.45, 7) is 10.8. The quantitative estimate of drug-likeness (QED) is 0.295. The van der Waals surface area contributed by atoms with E-state index in [-0.39, 0.29) is 18.0 Å². The molecule has 43 heavy (non-hydrogen) atoms. The first-order valence-electron chi connectivity index (χ1n) is 14.0. The van der Waals surface area contributed by atoms with E-state index in [9.17, 15) is 28.2 Å². The van der Waals surface area contributed by atoms with Gasteiger partial charge in [-0.15, -0.1) is 0 Å². The monoisotopic (exact) mass is 601 g/mol. The molecule has 0 bridgehead atoms. The number of anilines is 2. The van der Waals surface area contributed by atoms with Crippen LogP contribution in [0, 0.1) is 23.4 Å². The Morgan fingerprint density at radius 2 is 1.74 bits per heavy atom. The lowest BCUT2D eigenvalue weighted by molar-refractivity contribution is 0.0303. The molecule has 1 aromatic carbocycles. The van der Waals surface area contributed by atoms with Crippen molar-refractivity contribution in [1.82, 2.24) is 15.3 Å². The van der Waals surface area contributed by atoms with E-state index in [1.165, 1.54) is 19.9 Å². The van der Waals surface area contributed by atoms with Crippen molar-refractivity contribution in [1.29, 1.82) is 0 Å². The van der Waals surface area contributed by atoms with Gasteiger partial charge < -0.3 is 30.5 Å². The van der Waals surface area contributed by atoms with Gasteiger partial charge >= 0.3 is 6.09 Å². The van der Waals surface area contributed by atoms with Crippen molar-refractivity contribution >= 4 is 17.5 Å². The van der Waals surface area contributed by atoms with Gasteiger partial charge in [0.25, 0.3) is 0 Å². The summed E-state index contributed by atoms with van der Waals surface area (Å²) in [4.78, 5) is 22.8. The lowest BCUT2D eigenvalue weighted by atomic mass is 9.92. The van der Waals surface area contributed by atoms with Gasteiger partial charge in [0.2, 0.25) is 0 Å². The number of nitrogens with zero attached hydrogens (tertiary/aromatic N) is 3. The van der Waals surface area contributed by atoms with Crippen LogP contribution in [0.5, 0.6) is 0 Å². The zero-order chi connectivity index (χ0) is 31.7. The molecule has 0 saturated carbocycles. The van der Waals surface area contributed by atoms with Gasteiger partial charge in [-0.1, -0.05) is 6.92 Å². The molecule has 1 amide bonds. The minimum Gasteiger partial charge on any atom is -0.444 e. The van der Waals surface area contributed by atoms with Crippen molar-refractivity contribution in [2.45, 2.75) is 71.4 Å². The van der Waals surface area contributed by atoms with Crippen molar-refractivity contribution < 1.29 is 32.9 Å². The fraction of sp³-hybridized carbons (Fsp3) is 0.452. The molecule has 3 atom stereocenters. The standard InChI is InChI=1S/C31H38F3N5O4/c1-17-15-39(16-24(28(17)40)38-29(41)43-30(2,3)4)25-9-10-35-14-23(25)36-13-19-7-8-20(32)27(37-19)26-21(33)11-18(12-22(26)34)31(5,6)42/h7-12,14,17,24,28,36,40,42H,13,15-16H2,1-6H3,(H,38,41)/t17-,24+,28+/m0/s1. The van der Waals surface area contributed by atoms with E-state index in [0.717, 1.165) is 23.9 Å². The topological polar surface area (TPSA) is 120 Å². The Morgan fingerprint density at radius 1 is 1.07 bits per heavy atom. The molecule has 4 N–H and O–H groups in total. The number of nitrogens with one attached hydrogen (secondary N) is 2. The third-order valence-corrected chi connectivity index (χ3v) is 7.11. The van der Waals surface area contributed by atoms with E-state index in [1.54, 1.807) is 39.2 Å². The summed E-state index contributed by atoms with van der Waals surface area (Å²) in [5, 5.41) is 26.9. The number of pyridine rings is 2. The number of benzene rings is 1. The van der Waals surface area contributed by atoms with Crippen molar-refractivity contribution in [3.63, 3.8) is 0 Å². The number of carbonyl (C=O) groups is 1. The van der Waals surface area contributed by atoms with Crippen LogP contribution in [0.4, 0.5) is 29.3 Å². The first-order valence-corrected chi connectivity index (χ1v) is 14.0. The molecule has 2 aromatic heterocycles. The van der Waals surface area contributed by atoms with Crippen LogP contribution in [0.25, 0.3) is 11.3 Å². The molecule has 1 aliphatic rings. The minimum atomic E-state index is -1.49. The molecule has 0 radical (unpaired) electrons. The molecular formula is C31H38F3N5O4. The average Bonchev–Trinajstić information content (AvgIpc) is 2.89. The normalized spacial score (nSPS) is 19.2. The zero-order valence-corrected chi connectivity index (χ0v) is 25.1. The predicted octanol–water partition coefficient (Wildman–Crippen LogP) is 5.11. The van der Waals surface area contributed by atoms with Crippen LogP contribution in [-0.2, 0) is 16.9 Å². The summed E-state index contributed by atoms with van der Waals surface area (Å²) >= 11 is 0. The molecule has 0 unspecified atom stereocenters. The molecule has 0 aliphatic carbocycles. The average molecular weight is 602 g/mol. The second-order valence-corrected chi connectivity index (χ2v) is 12.4. The predicted molar refractivity (Wildman–Crippen MR) is 157 cm³/mol. The van der Waals surface area contributed by atoms with E-state index in [2.05, 4.69) is 20.6 Å². The SMILES string of the molecule is C[C@H]1CN(c2ccncc2NCc2ccc(F)c(-c3c(F)cc(C(C)(C)O)cc3F)n2)C[C@@H](NC(=O)OC(C)(C)C)[C@@H]1O. The van der Waals surface area contributed by atoms with Gasteiger partial charge in [0.1, 0.15) is 28.7 Å². The van der Waals surface area contributed by atoms with Crippen LogP contribution in [0.15, 0.2) is 42.7 Å². The molecule has 12 heteroatoms. The van der Waals surface area contributed by atoms with E-state index in [1.807, 2.05) is 11.8 Å². The first-order chi connectivity index (χ1) is 20.0. The number of amides is 1. The third-order valence-electron chi connectivity index (χ3n) is 7.11. The molecular weight excluding hydrogens is 563 g/mol. The Morgan fingerprint density at radius 3 is 2.37 bits per heavy atom. The molecule has 232 valence electrons. The number of carbonyl (C=O) groups excluding carboxylic acids is 1. The highest BCUT2D eigenvalue weighted by Crippen LogP contribution is 2.33. The lowest BCUT2D eigenvalue weighted by Gasteiger charge is -2.42. The van der Waals surface area contributed by atoms with Crippen LogP contribution >= 0.6 is 0 Å². The fourth-order valence-electron chi connectivity index (χ4n) is 4.95. The Balaban J connectivity index is 1.54. The number of aliphatic hydroxyl groups is 2. The number of halogens is 3. The summed E-state index contributed by atoms with van der Waals surface area (Å²) in [6.07, 6.45) is 1.80. The molecule has 0 spiro atoms. The number of rotatable bonds is 7. The van der Waals surface area contributed by atoms with E-state index in [0.29, 0.717) is 24.5 Å². The number of ether oxygens (including phenoxy) is 1. The van der Waals surface area contributed by atoms with Crippen molar-refractivity contribution in [2.24, 2.45) is 5.92 Å². The summed E-state index contributed by atoms with van der Waals surface area (Å²) < 4.78 is 50.1. The molecule has 9 nitrogen and oxygen atoms in total. The maximum absolute atomic E-state index is 15.0. The summed E-state index contributed by atoms with van der Waals surface area (Å²) in [6, 6.07) is 5.61. The fourth-order valence-corrected chi connectivity index (χ4v) is 4.95. The Hall–Kier alpha value is -3.90. The summed E-state index contributed by atoms with van der Waals surface area (Å²) in [7, 11) is 0. The van der Waals surface area contributed by atoms with Gasteiger partial charge in [0, 0.05) is 25.2 Å². The van der Waals surface area contributed by atoms with Crippen molar-refractivity contribution in [3.05, 3.63) is 71.4 Å². The van der Waals surface area contributed by atoms with E-state index < -0.39 is 58.2 Å². The van der Waals surface area contributed by atoms with Gasteiger partial charge in [-0.25, -0.2) is 22.9 Å². The highest BCUT2D eigenvalue weighted by molar-refractivity contribution is 5.71. The largest absolute Gasteiger partial charge is 0.444 e. The van der Waals surface area contributed by atoms with Crippen LogP contribution in [0.2, 0.25) is 0 Å². The zero-order valence-electron chi connectivity index (χ0n) is 25.1. The smallest absolute Gasteiger partial charge is 0.408 e. The van der Waals surface area contributed by atoms with E-state index >= 15 is 0 Å². The van der Waals surface area contributed by atoms with Crippen LogP contribution in [-0.4, -0.2) is 57.1 Å². The number of piperidine rings is 1. The van der Waals surface area contributed by atoms with Crippen LogP contribution < -0.4 is 15.5 Å². The Labute approximate surface area is 249 Å². The van der Waals surface area contributed by atoms with E-state index in [4.69, 9.17) is 4.74 Å². The number of aliphatic hydroxyl groups excluding tert-OH is 1. The molecule has 3 heterocycles. The van der Waals surface area contributed by atoms with Crippen molar-refractivity contribution in [3.8, 4) is 11.3 Å². The number of hydrogen-bond acceptors (Lipinski definition) is 8. The summed E-state index contributed by atoms with van der Waals surface area (Å²) in [5.74, 6) is -3.18. The van der Waals surface area contributed by atoms with Gasteiger partial charge in [0.05, 0.1) is 53.1 Å². The van der Waals surface area contributed by atoms with Gasteiger partial charge in [-0.3, -0.25) is 4.98 Å². The Kier molecular flexibility index (Phi) is 9.22. The first kappa shape index (κ1) is 32.0. The molecule has 1 saturated heterocycles. The van der Waals surface area contributed by atoms with Gasteiger partial charge in [-0.2, -0.15) is 0 Å². The van der Waals surface area contributed by atoms with Crippen LogP contribution in [0.3, 0.4) is 0 Å². The van der Waals surface area contributed by atoms with Crippen molar-refractivity contribution in [2.75, 3.05) is 23.3 Å². The maximum Gasteiger partial charge on any atom is 0.408 e. The van der Waals surface area contributed by atoms with Crippen LogP contribution in [0.1, 0.15) is 52.8 Å². The highest BCUT2D eigenvalue weighted by atomic mass is 19.1. The number of alkyl carbamates (subject to hydrolysis) is 1. The second-order valence-electron chi connectivity index (χ2n) is 12.4. The Bertz CT molecular complexity index is 1450. The number of hydrogen-bond donors (Lipinski definition) is 4. The van der Waals surface area contributed by atoms with Gasteiger partial charge in [0.15, 0.2) is 0 Å². The molecule has 4 rings (SSSR count). The molecule has 1 aliphatic heterocycles. The number of aromatic nitrogens is 2. The molecule has 3 aromatic rings. The summed E-state index contributed by atoms with van der Waals surface area (Å²) in [5.41, 5.74) is -1.64. The van der Waals surface area contributed by atoms with Gasteiger partial charge in [-0.05, 0) is 70.5 Å².